The first-order valence-electron chi connectivity index (χ1n) is 7.70. The molecule has 2 atom stereocenters. The zero-order chi connectivity index (χ0) is 12.4. The highest BCUT2D eigenvalue weighted by Gasteiger charge is 2.29. The summed E-state index contributed by atoms with van der Waals surface area (Å²) in [5.41, 5.74) is 3.34. The molecule has 0 heterocycles. The summed E-state index contributed by atoms with van der Waals surface area (Å²) in [5.74, 6) is 1.69. The monoisotopic (exact) mass is 243 g/mol. The fourth-order valence-corrected chi connectivity index (χ4v) is 3.71. The summed E-state index contributed by atoms with van der Waals surface area (Å²) < 4.78 is 0. The zero-order valence-corrected chi connectivity index (χ0v) is 11.5. The Balaban J connectivity index is 1.75. The van der Waals surface area contributed by atoms with Gasteiger partial charge in [-0.3, -0.25) is 0 Å². The molecule has 0 amide bonds. The van der Waals surface area contributed by atoms with E-state index in [0.717, 1.165) is 24.4 Å². The van der Waals surface area contributed by atoms with Crippen LogP contribution in [0.2, 0.25) is 0 Å². The lowest BCUT2D eigenvalue weighted by molar-refractivity contribution is 0.414. The Labute approximate surface area is 111 Å². The van der Waals surface area contributed by atoms with Crippen molar-refractivity contribution in [3.8, 4) is 0 Å². The highest BCUT2D eigenvalue weighted by Crippen LogP contribution is 2.43. The number of nitrogens with one attached hydrogen (secondary N) is 1. The van der Waals surface area contributed by atoms with E-state index in [0.29, 0.717) is 0 Å². The van der Waals surface area contributed by atoms with Gasteiger partial charge in [0.1, 0.15) is 0 Å². The highest BCUT2D eigenvalue weighted by atomic mass is 14.9. The van der Waals surface area contributed by atoms with Crippen molar-refractivity contribution in [3.05, 3.63) is 35.4 Å². The van der Waals surface area contributed by atoms with E-state index in [2.05, 4.69) is 36.5 Å². The van der Waals surface area contributed by atoms with Crippen LogP contribution in [-0.4, -0.2) is 12.6 Å². The van der Waals surface area contributed by atoms with Crippen LogP contribution in [0.1, 0.15) is 68.4 Å². The van der Waals surface area contributed by atoms with Gasteiger partial charge in [-0.05, 0) is 61.6 Å². The minimum absolute atomic E-state index is 0.759. The zero-order valence-electron chi connectivity index (χ0n) is 11.5. The Morgan fingerprint density at radius 3 is 2.33 bits per heavy atom. The molecule has 1 N–H and O–H groups in total. The van der Waals surface area contributed by atoms with Crippen LogP contribution in [0.25, 0.3) is 0 Å². The standard InChI is InChI=1S/C17H25N/c1-2-18-15-11-10-14(12-15)17-9-4-3-8-16(17)13-6-5-7-13/h3-4,8-9,13-15,18H,2,5-7,10-12H2,1H3. The number of hydrogen-bond donors (Lipinski definition) is 1. The quantitative estimate of drug-likeness (QED) is 0.835. The summed E-state index contributed by atoms with van der Waals surface area (Å²) in [5, 5.41) is 3.62. The molecule has 2 unspecified atom stereocenters. The van der Waals surface area contributed by atoms with Crippen LogP contribution in [0.5, 0.6) is 0 Å². The summed E-state index contributed by atoms with van der Waals surface area (Å²) in [4.78, 5) is 0. The van der Waals surface area contributed by atoms with E-state index in [1.165, 1.54) is 38.5 Å². The Morgan fingerprint density at radius 1 is 1.00 bits per heavy atom. The molecule has 3 rings (SSSR count). The van der Waals surface area contributed by atoms with Crippen molar-refractivity contribution < 1.29 is 0 Å². The van der Waals surface area contributed by atoms with E-state index in [4.69, 9.17) is 0 Å². The predicted octanol–water partition coefficient (Wildman–Crippen LogP) is 4.20. The van der Waals surface area contributed by atoms with E-state index in [-0.39, 0.29) is 0 Å². The van der Waals surface area contributed by atoms with E-state index in [9.17, 15) is 0 Å². The molecule has 0 saturated heterocycles. The SMILES string of the molecule is CCNC1CCC(c2ccccc2C2CCC2)C1. The minimum Gasteiger partial charge on any atom is -0.314 e. The average molecular weight is 243 g/mol. The minimum atomic E-state index is 0.759. The first kappa shape index (κ1) is 12.2. The Bertz CT molecular complexity index is 394. The van der Waals surface area contributed by atoms with Crippen LogP contribution < -0.4 is 5.32 Å². The van der Waals surface area contributed by atoms with Gasteiger partial charge in [-0.25, -0.2) is 0 Å². The topological polar surface area (TPSA) is 12.0 Å². The summed E-state index contributed by atoms with van der Waals surface area (Å²) in [6.45, 7) is 3.33. The van der Waals surface area contributed by atoms with Gasteiger partial charge in [-0.2, -0.15) is 0 Å². The fourth-order valence-electron chi connectivity index (χ4n) is 3.71. The molecule has 18 heavy (non-hydrogen) atoms. The molecular formula is C17H25N. The van der Waals surface area contributed by atoms with Crippen LogP contribution in [0.15, 0.2) is 24.3 Å². The summed E-state index contributed by atoms with van der Waals surface area (Å²) >= 11 is 0. The van der Waals surface area contributed by atoms with Crippen molar-refractivity contribution in [2.24, 2.45) is 0 Å². The maximum atomic E-state index is 3.62. The van der Waals surface area contributed by atoms with Crippen molar-refractivity contribution in [3.63, 3.8) is 0 Å². The summed E-state index contributed by atoms with van der Waals surface area (Å²) in [6.07, 6.45) is 8.35. The third kappa shape index (κ3) is 2.33. The lowest BCUT2D eigenvalue weighted by Gasteiger charge is -2.29. The molecule has 1 aromatic carbocycles. The van der Waals surface area contributed by atoms with Crippen LogP contribution >= 0.6 is 0 Å². The molecule has 2 aliphatic carbocycles. The van der Waals surface area contributed by atoms with Crippen molar-refractivity contribution in [1.29, 1.82) is 0 Å². The van der Waals surface area contributed by atoms with Crippen LogP contribution in [0, 0.1) is 0 Å². The van der Waals surface area contributed by atoms with E-state index in [1.54, 1.807) is 11.1 Å². The van der Waals surface area contributed by atoms with E-state index < -0.39 is 0 Å². The summed E-state index contributed by atoms with van der Waals surface area (Å²) in [7, 11) is 0. The smallest absolute Gasteiger partial charge is 0.00729 e. The molecular weight excluding hydrogens is 218 g/mol. The molecule has 0 radical (unpaired) electrons. The Kier molecular flexibility index (Phi) is 3.69. The molecule has 1 nitrogen and oxygen atoms in total. The molecule has 98 valence electrons. The summed E-state index contributed by atoms with van der Waals surface area (Å²) in [6, 6.07) is 10.0. The number of rotatable bonds is 4. The van der Waals surface area contributed by atoms with Gasteiger partial charge in [0.2, 0.25) is 0 Å². The van der Waals surface area contributed by atoms with Gasteiger partial charge in [0.15, 0.2) is 0 Å². The van der Waals surface area contributed by atoms with E-state index in [1.807, 2.05) is 0 Å². The number of hydrogen-bond acceptors (Lipinski definition) is 1. The normalized spacial score (nSPS) is 28.3. The van der Waals surface area contributed by atoms with Gasteiger partial charge >= 0.3 is 0 Å². The van der Waals surface area contributed by atoms with Gasteiger partial charge in [0, 0.05) is 6.04 Å². The highest BCUT2D eigenvalue weighted by molar-refractivity contribution is 5.35. The Morgan fingerprint density at radius 2 is 1.72 bits per heavy atom. The molecule has 2 aliphatic rings. The van der Waals surface area contributed by atoms with Crippen molar-refractivity contribution in [2.75, 3.05) is 6.54 Å². The molecule has 1 heteroatoms. The molecule has 0 aromatic heterocycles. The molecule has 0 bridgehead atoms. The maximum absolute atomic E-state index is 3.62. The second-order valence-corrected chi connectivity index (χ2v) is 6.02. The lowest BCUT2D eigenvalue weighted by atomic mass is 9.76. The molecule has 2 saturated carbocycles. The van der Waals surface area contributed by atoms with Crippen molar-refractivity contribution in [1.82, 2.24) is 5.32 Å². The van der Waals surface area contributed by atoms with Gasteiger partial charge < -0.3 is 5.32 Å². The predicted molar refractivity (Wildman–Crippen MR) is 77.1 cm³/mol. The third-order valence-electron chi connectivity index (χ3n) is 4.91. The van der Waals surface area contributed by atoms with Gasteiger partial charge in [0.25, 0.3) is 0 Å². The molecule has 0 aliphatic heterocycles. The Hall–Kier alpha value is -0.820. The first-order valence-corrected chi connectivity index (χ1v) is 7.70. The van der Waals surface area contributed by atoms with Crippen LogP contribution in [-0.2, 0) is 0 Å². The lowest BCUT2D eigenvalue weighted by Crippen LogP contribution is -2.25. The molecule has 0 spiro atoms. The van der Waals surface area contributed by atoms with Gasteiger partial charge in [-0.15, -0.1) is 0 Å². The van der Waals surface area contributed by atoms with E-state index >= 15 is 0 Å². The van der Waals surface area contributed by atoms with Gasteiger partial charge in [-0.1, -0.05) is 37.6 Å². The third-order valence-corrected chi connectivity index (χ3v) is 4.91. The van der Waals surface area contributed by atoms with Gasteiger partial charge in [0.05, 0.1) is 0 Å². The van der Waals surface area contributed by atoms with Crippen LogP contribution in [0.4, 0.5) is 0 Å². The fraction of sp³-hybridized carbons (Fsp3) is 0.647. The maximum Gasteiger partial charge on any atom is 0.00729 e. The first-order chi connectivity index (χ1) is 8.88. The number of benzene rings is 1. The largest absolute Gasteiger partial charge is 0.314 e. The van der Waals surface area contributed by atoms with Crippen LogP contribution in [0.3, 0.4) is 0 Å². The molecule has 1 aromatic rings. The van der Waals surface area contributed by atoms with Crippen molar-refractivity contribution in [2.45, 2.75) is 63.3 Å². The second kappa shape index (κ2) is 5.44. The molecule has 2 fully saturated rings. The average Bonchev–Trinajstić information content (AvgIpc) is 2.77. The van der Waals surface area contributed by atoms with Crippen molar-refractivity contribution >= 4 is 0 Å². The second-order valence-electron chi connectivity index (χ2n) is 6.02.